The van der Waals surface area contributed by atoms with Crippen molar-refractivity contribution in [2.75, 3.05) is 0 Å². The van der Waals surface area contributed by atoms with Crippen LogP contribution in [-0.4, -0.2) is 16.0 Å². The van der Waals surface area contributed by atoms with Crippen molar-refractivity contribution in [3.05, 3.63) is 63.8 Å². The predicted molar refractivity (Wildman–Crippen MR) is 72.9 cm³/mol. The molecule has 19 heavy (non-hydrogen) atoms. The summed E-state index contributed by atoms with van der Waals surface area (Å²) < 4.78 is 0. The van der Waals surface area contributed by atoms with Gasteiger partial charge in [0.2, 0.25) is 0 Å². The van der Waals surface area contributed by atoms with E-state index in [1.165, 1.54) is 16.0 Å². The molecule has 0 saturated carbocycles. The number of hydrogen-bond acceptors (Lipinski definition) is 2. The van der Waals surface area contributed by atoms with Gasteiger partial charge in [-0.15, -0.1) is 0 Å². The Morgan fingerprint density at radius 2 is 2.21 bits per heavy atom. The van der Waals surface area contributed by atoms with Crippen LogP contribution in [0, 0.1) is 0 Å². The number of rotatable bonds is 1. The Labute approximate surface area is 109 Å². The molecule has 0 unspecified atom stereocenters. The van der Waals surface area contributed by atoms with Crippen LogP contribution in [-0.2, 0) is 4.79 Å². The zero-order chi connectivity index (χ0) is 13.0. The first-order chi connectivity index (χ1) is 9.24. The first-order valence-corrected chi connectivity index (χ1v) is 6.20. The zero-order valence-electron chi connectivity index (χ0n) is 10.1. The lowest BCUT2D eigenvalue weighted by molar-refractivity contribution is -0.132. The van der Waals surface area contributed by atoms with Crippen LogP contribution in [0.1, 0.15) is 12.0 Å². The molecule has 0 atom stereocenters. The van der Waals surface area contributed by atoms with E-state index in [9.17, 15) is 4.79 Å². The molecule has 3 nitrogen and oxygen atoms in total. The Bertz CT molecular complexity index is 825. The SMILES string of the molecule is O=C(O)C1=CN2C=Cc3cccc4c3=C2C(=C1)CC=4. The van der Waals surface area contributed by atoms with Crippen LogP contribution in [0.4, 0.5) is 0 Å². The third-order valence-corrected chi connectivity index (χ3v) is 3.74. The van der Waals surface area contributed by atoms with Crippen molar-refractivity contribution in [2.24, 2.45) is 0 Å². The number of nitrogens with zero attached hydrogens (tertiary/aromatic N) is 1. The van der Waals surface area contributed by atoms with E-state index in [1.54, 1.807) is 12.3 Å². The van der Waals surface area contributed by atoms with Crippen molar-refractivity contribution in [1.29, 1.82) is 0 Å². The number of benzene rings is 1. The van der Waals surface area contributed by atoms with Gasteiger partial charge in [0.15, 0.2) is 0 Å². The second-order valence-corrected chi connectivity index (χ2v) is 4.85. The molecule has 0 spiro atoms. The molecule has 0 saturated heterocycles. The van der Waals surface area contributed by atoms with Crippen LogP contribution < -0.4 is 10.4 Å². The van der Waals surface area contributed by atoms with Crippen molar-refractivity contribution >= 4 is 23.8 Å². The van der Waals surface area contributed by atoms with Crippen molar-refractivity contribution in [3.63, 3.8) is 0 Å². The van der Waals surface area contributed by atoms with Gasteiger partial charge in [0.25, 0.3) is 0 Å². The monoisotopic (exact) mass is 249 g/mol. The lowest BCUT2D eigenvalue weighted by Crippen LogP contribution is -2.39. The molecular formula is C16H11NO2. The maximum atomic E-state index is 11.2. The van der Waals surface area contributed by atoms with Crippen LogP contribution in [0.5, 0.6) is 0 Å². The second-order valence-electron chi connectivity index (χ2n) is 4.85. The molecule has 0 amide bonds. The normalized spacial score (nSPS) is 18.3. The topological polar surface area (TPSA) is 40.5 Å². The average Bonchev–Trinajstić information content (AvgIpc) is 2.44. The minimum absolute atomic E-state index is 0.333. The van der Waals surface area contributed by atoms with E-state index < -0.39 is 5.97 Å². The van der Waals surface area contributed by atoms with Gasteiger partial charge in [-0.05, 0) is 34.9 Å². The highest BCUT2D eigenvalue weighted by Gasteiger charge is 2.24. The molecule has 4 rings (SSSR count). The fourth-order valence-corrected chi connectivity index (χ4v) is 2.91. The molecule has 3 aliphatic rings. The number of hydrogen-bond donors (Lipinski definition) is 1. The molecule has 2 heterocycles. The van der Waals surface area contributed by atoms with Crippen molar-refractivity contribution in [1.82, 2.24) is 4.90 Å². The number of carboxylic acids is 1. The summed E-state index contributed by atoms with van der Waals surface area (Å²) in [5.74, 6) is -0.885. The van der Waals surface area contributed by atoms with Gasteiger partial charge in [-0.1, -0.05) is 24.3 Å². The molecule has 1 aliphatic carbocycles. The van der Waals surface area contributed by atoms with E-state index >= 15 is 0 Å². The molecule has 92 valence electrons. The second kappa shape index (κ2) is 3.48. The molecule has 1 aromatic rings. The van der Waals surface area contributed by atoms with Crippen LogP contribution in [0.2, 0.25) is 0 Å². The first kappa shape index (κ1) is 10.4. The summed E-state index contributed by atoms with van der Waals surface area (Å²) in [6.07, 6.45) is 10.4. The minimum atomic E-state index is -0.885. The zero-order valence-corrected chi connectivity index (χ0v) is 10.1. The van der Waals surface area contributed by atoms with Gasteiger partial charge in [0.1, 0.15) is 0 Å². The molecule has 0 fully saturated rings. The quantitative estimate of drug-likeness (QED) is 0.812. The van der Waals surface area contributed by atoms with Gasteiger partial charge in [-0.3, -0.25) is 0 Å². The van der Waals surface area contributed by atoms with E-state index in [0.717, 1.165) is 17.7 Å². The fraction of sp³-hybridized carbons (Fsp3) is 0.0625. The lowest BCUT2D eigenvalue weighted by Gasteiger charge is -2.31. The summed E-state index contributed by atoms with van der Waals surface area (Å²) in [6.45, 7) is 0. The van der Waals surface area contributed by atoms with Gasteiger partial charge >= 0.3 is 5.97 Å². The van der Waals surface area contributed by atoms with Gasteiger partial charge in [-0.2, -0.15) is 0 Å². The highest BCUT2D eigenvalue weighted by molar-refractivity contribution is 5.93. The summed E-state index contributed by atoms with van der Waals surface area (Å²) in [4.78, 5) is 13.1. The van der Waals surface area contributed by atoms with Crippen molar-refractivity contribution in [3.8, 4) is 0 Å². The van der Waals surface area contributed by atoms with Crippen molar-refractivity contribution < 1.29 is 9.90 Å². The van der Waals surface area contributed by atoms with Crippen LogP contribution in [0.25, 0.3) is 17.8 Å². The van der Waals surface area contributed by atoms with E-state index in [-0.39, 0.29) is 0 Å². The maximum Gasteiger partial charge on any atom is 0.337 e. The summed E-state index contributed by atoms with van der Waals surface area (Å²) in [5, 5.41) is 11.6. The largest absolute Gasteiger partial charge is 0.478 e. The number of carboxylic acid groups (broad SMARTS) is 1. The van der Waals surface area contributed by atoms with E-state index in [0.29, 0.717) is 5.57 Å². The van der Waals surface area contributed by atoms with Gasteiger partial charge < -0.3 is 10.0 Å². The summed E-state index contributed by atoms with van der Waals surface area (Å²) in [5.41, 5.74) is 3.72. The summed E-state index contributed by atoms with van der Waals surface area (Å²) in [7, 11) is 0. The lowest BCUT2D eigenvalue weighted by atomic mass is 9.90. The van der Waals surface area contributed by atoms with Gasteiger partial charge in [-0.25, -0.2) is 4.79 Å². The molecular weight excluding hydrogens is 238 g/mol. The van der Waals surface area contributed by atoms with Gasteiger partial charge in [0.05, 0.1) is 11.3 Å². The molecule has 2 aliphatic heterocycles. The number of aliphatic carboxylic acids is 1. The first-order valence-electron chi connectivity index (χ1n) is 6.20. The van der Waals surface area contributed by atoms with E-state index in [2.05, 4.69) is 24.3 Å². The van der Waals surface area contributed by atoms with E-state index in [1.807, 2.05) is 17.2 Å². The molecule has 0 bridgehead atoms. The summed E-state index contributed by atoms with van der Waals surface area (Å²) >= 11 is 0. The standard InChI is InChI=1S/C16H11NO2/c18-16(19)13-8-12-5-4-10-2-1-3-11-6-7-17(9-13)15(12)14(10)11/h1-4,6-9H,5H2,(H,18,19). The smallest absolute Gasteiger partial charge is 0.337 e. The van der Waals surface area contributed by atoms with Crippen molar-refractivity contribution in [2.45, 2.75) is 6.42 Å². The predicted octanol–water partition coefficient (Wildman–Crippen LogP) is 1.17. The minimum Gasteiger partial charge on any atom is -0.478 e. The highest BCUT2D eigenvalue weighted by Crippen LogP contribution is 2.30. The number of carbonyl (C=O) groups is 1. The molecule has 0 radical (unpaired) electrons. The third kappa shape index (κ3) is 1.35. The summed E-state index contributed by atoms with van der Waals surface area (Å²) in [6, 6.07) is 6.25. The molecule has 3 heteroatoms. The molecule has 0 aromatic heterocycles. The van der Waals surface area contributed by atoms with E-state index in [4.69, 9.17) is 5.11 Å². The van der Waals surface area contributed by atoms with Crippen LogP contribution >= 0.6 is 0 Å². The Kier molecular flexibility index (Phi) is 1.90. The maximum absolute atomic E-state index is 11.2. The third-order valence-electron chi connectivity index (χ3n) is 3.74. The van der Waals surface area contributed by atoms with Crippen LogP contribution in [0.3, 0.4) is 0 Å². The molecule has 1 N–H and O–H groups in total. The highest BCUT2D eigenvalue weighted by atomic mass is 16.4. The Balaban J connectivity index is 2.10. The van der Waals surface area contributed by atoms with Gasteiger partial charge in [0, 0.05) is 17.6 Å². The molecule has 1 aromatic carbocycles. The van der Waals surface area contributed by atoms with Crippen LogP contribution in [0.15, 0.2) is 47.8 Å². The Hall–Kier alpha value is -2.55. The fourth-order valence-electron chi connectivity index (χ4n) is 2.91. The Morgan fingerprint density at radius 3 is 3.05 bits per heavy atom. The Morgan fingerprint density at radius 1 is 1.32 bits per heavy atom. The average molecular weight is 249 g/mol.